The highest BCUT2D eigenvalue weighted by Gasteiger charge is 2.16. The molecule has 2 rings (SSSR count). The highest BCUT2D eigenvalue weighted by atomic mass is 16.3. The van der Waals surface area contributed by atoms with Gasteiger partial charge in [0.15, 0.2) is 6.10 Å². The van der Waals surface area contributed by atoms with Gasteiger partial charge in [-0.05, 0) is 29.0 Å². The Morgan fingerprint density at radius 1 is 1.04 bits per heavy atom. The molecule has 0 saturated heterocycles. The summed E-state index contributed by atoms with van der Waals surface area (Å²) in [5.74, 6) is -0.549. The van der Waals surface area contributed by atoms with Gasteiger partial charge in [-0.3, -0.25) is 4.79 Å². The van der Waals surface area contributed by atoms with Gasteiger partial charge < -0.3 is 5.11 Å². The van der Waals surface area contributed by atoms with Crippen molar-refractivity contribution in [3.63, 3.8) is 0 Å². The molecule has 2 aromatic rings. The summed E-state index contributed by atoms with van der Waals surface area (Å²) >= 11 is 0. The van der Waals surface area contributed by atoms with Crippen LogP contribution in [0.5, 0.6) is 0 Å². The summed E-state index contributed by atoms with van der Waals surface area (Å²) in [7, 11) is 0. The van der Waals surface area contributed by atoms with Gasteiger partial charge in [-0.2, -0.15) is 5.10 Å². The predicted octanol–water partition coefficient (Wildman–Crippen LogP) is 3.56. The first kappa shape index (κ1) is 17.9. The van der Waals surface area contributed by atoms with Crippen molar-refractivity contribution >= 4 is 11.6 Å². The van der Waals surface area contributed by atoms with E-state index in [4.69, 9.17) is 0 Å². The molecule has 0 aliphatic heterocycles. The fourth-order valence-corrected chi connectivity index (χ4v) is 2.26. The van der Waals surface area contributed by atoms with Gasteiger partial charge in [-0.1, -0.05) is 75.4 Å². The lowest BCUT2D eigenvalue weighted by atomic mass is 9.86. The summed E-state index contributed by atoms with van der Waals surface area (Å²) in [6.45, 7) is 8.30. The number of nitrogens with zero attached hydrogens (tertiary/aromatic N) is 1. The van der Waals surface area contributed by atoms with Gasteiger partial charge >= 0.3 is 0 Å². The predicted molar refractivity (Wildman–Crippen MR) is 96.9 cm³/mol. The Morgan fingerprint density at radius 3 is 2.17 bits per heavy atom. The fraction of sp³-hybridized carbons (Fsp3) is 0.300. The first-order valence-electron chi connectivity index (χ1n) is 7.97. The maximum atomic E-state index is 12.0. The Bertz CT molecular complexity index is 714. The van der Waals surface area contributed by atoms with Crippen molar-refractivity contribution in [3.8, 4) is 0 Å². The molecule has 0 aromatic heterocycles. The van der Waals surface area contributed by atoms with Crippen molar-refractivity contribution in [1.82, 2.24) is 5.43 Å². The molecule has 0 aliphatic carbocycles. The van der Waals surface area contributed by atoms with Crippen LogP contribution in [0.3, 0.4) is 0 Å². The van der Waals surface area contributed by atoms with Gasteiger partial charge in [-0.25, -0.2) is 5.43 Å². The maximum absolute atomic E-state index is 12.0. The molecule has 0 heterocycles. The first-order chi connectivity index (χ1) is 11.3. The molecule has 24 heavy (non-hydrogen) atoms. The van der Waals surface area contributed by atoms with Crippen LogP contribution in [0, 0.1) is 0 Å². The molecule has 0 saturated carbocycles. The van der Waals surface area contributed by atoms with E-state index in [9.17, 15) is 9.90 Å². The molecule has 0 aliphatic rings. The van der Waals surface area contributed by atoms with Crippen LogP contribution in [0.1, 0.15) is 50.5 Å². The minimum Gasteiger partial charge on any atom is -0.378 e. The van der Waals surface area contributed by atoms with E-state index in [1.165, 1.54) is 5.56 Å². The maximum Gasteiger partial charge on any atom is 0.273 e. The van der Waals surface area contributed by atoms with Crippen LogP contribution < -0.4 is 5.43 Å². The summed E-state index contributed by atoms with van der Waals surface area (Å²) in [4.78, 5) is 12.0. The second kappa shape index (κ2) is 7.41. The molecule has 1 unspecified atom stereocenters. The normalized spacial score (nSPS) is 13.5. The molecule has 126 valence electrons. The number of amides is 1. The van der Waals surface area contributed by atoms with Crippen molar-refractivity contribution in [2.24, 2.45) is 5.10 Å². The zero-order valence-corrected chi connectivity index (χ0v) is 14.6. The lowest BCUT2D eigenvalue weighted by Crippen LogP contribution is -2.26. The van der Waals surface area contributed by atoms with Crippen LogP contribution in [0.25, 0.3) is 0 Å². The fourth-order valence-electron chi connectivity index (χ4n) is 2.26. The van der Waals surface area contributed by atoms with Crippen LogP contribution in [-0.4, -0.2) is 16.7 Å². The summed E-state index contributed by atoms with van der Waals surface area (Å²) in [5, 5.41) is 14.1. The zero-order valence-electron chi connectivity index (χ0n) is 14.6. The SMILES string of the molecule is C/C(=N\NC(=O)C(O)c1ccccc1)c1ccc(C(C)(C)C)cc1. The minimum absolute atomic E-state index is 0.0948. The Morgan fingerprint density at radius 2 is 1.62 bits per heavy atom. The highest BCUT2D eigenvalue weighted by Crippen LogP contribution is 2.22. The quantitative estimate of drug-likeness (QED) is 0.667. The number of aliphatic hydroxyl groups is 1. The van der Waals surface area contributed by atoms with Gasteiger partial charge in [0.1, 0.15) is 0 Å². The summed E-state index contributed by atoms with van der Waals surface area (Å²) in [6.07, 6.45) is -1.23. The summed E-state index contributed by atoms with van der Waals surface area (Å²) in [6, 6.07) is 16.9. The molecule has 1 amide bonds. The number of hydrogen-bond donors (Lipinski definition) is 2. The van der Waals surface area contributed by atoms with Crippen LogP contribution in [0.15, 0.2) is 59.7 Å². The molecule has 0 bridgehead atoms. The third kappa shape index (κ3) is 4.52. The zero-order chi connectivity index (χ0) is 17.7. The van der Waals surface area contributed by atoms with Crippen molar-refractivity contribution in [2.75, 3.05) is 0 Å². The lowest BCUT2D eigenvalue weighted by molar-refractivity contribution is -0.129. The largest absolute Gasteiger partial charge is 0.378 e. The van der Waals surface area contributed by atoms with E-state index in [0.717, 1.165) is 5.56 Å². The average molecular weight is 324 g/mol. The van der Waals surface area contributed by atoms with E-state index in [1.54, 1.807) is 24.3 Å². The number of aliphatic hydroxyl groups excluding tert-OH is 1. The monoisotopic (exact) mass is 324 g/mol. The molecular formula is C20H24N2O2. The molecule has 4 nitrogen and oxygen atoms in total. The van der Waals surface area contributed by atoms with Crippen LogP contribution in [-0.2, 0) is 10.2 Å². The van der Waals surface area contributed by atoms with Gasteiger partial charge in [0.05, 0.1) is 5.71 Å². The van der Waals surface area contributed by atoms with Crippen molar-refractivity contribution in [1.29, 1.82) is 0 Å². The van der Waals surface area contributed by atoms with E-state index in [-0.39, 0.29) is 5.41 Å². The van der Waals surface area contributed by atoms with Crippen LogP contribution in [0.2, 0.25) is 0 Å². The number of hydrazone groups is 1. The number of hydrogen-bond acceptors (Lipinski definition) is 3. The average Bonchev–Trinajstić information content (AvgIpc) is 2.58. The Labute approximate surface area is 143 Å². The van der Waals surface area contributed by atoms with Crippen LogP contribution >= 0.6 is 0 Å². The van der Waals surface area contributed by atoms with Crippen LogP contribution in [0.4, 0.5) is 0 Å². The Hall–Kier alpha value is -2.46. The number of nitrogens with one attached hydrogen (secondary N) is 1. The minimum atomic E-state index is -1.23. The van der Waals surface area contributed by atoms with Crippen molar-refractivity contribution in [2.45, 2.75) is 39.2 Å². The molecule has 4 heteroatoms. The summed E-state index contributed by atoms with van der Waals surface area (Å²) in [5.41, 5.74) is 5.91. The first-order valence-corrected chi connectivity index (χ1v) is 7.97. The topological polar surface area (TPSA) is 61.7 Å². The number of carbonyl (C=O) groups excluding carboxylic acids is 1. The smallest absolute Gasteiger partial charge is 0.273 e. The third-order valence-corrected chi connectivity index (χ3v) is 3.87. The molecule has 2 N–H and O–H groups in total. The van der Waals surface area contributed by atoms with Gasteiger partial charge in [0, 0.05) is 0 Å². The number of benzene rings is 2. The Kier molecular flexibility index (Phi) is 5.52. The molecule has 0 radical (unpaired) electrons. The second-order valence-electron chi connectivity index (χ2n) is 6.81. The van der Waals surface area contributed by atoms with Gasteiger partial charge in [0.25, 0.3) is 5.91 Å². The van der Waals surface area contributed by atoms with E-state index >= 15 is 0 Å². The van der Waals surface area contributed by atoms with E-state index in [0.29, 0.717) is 11.3 Å². The molecule has 0 spiro atoms. The highest BCUT2D eigenvalue weighted by molar-refractivity contribution is 5.99. The molecular weight excluding hydrogens is 300 g/mol. The van der Waals surface area contributed by atoms with E-state index < -0.39 is 12.0 Å². The standard InChI is InChI=1S/C20H24N2O2/c1-14(15-10-12-17(13-11-15)20(2,3)4)21-22-19(24)18(23)16-8-6-5-7-9-16/h5-13,18,23H,1-4H3,(H,22,24)/b21-14+. The molecule has 1 atom stereocenters. The van der Waals surface area contributed by atoms with E-state index in [2.05, 4.69) is 43.4 Å². The second-order valence-corrected chi connectivity index (χ2v) is 6.81. The van der Waals surface area contributed by atoms with Gasteiger partial charge in [-0.15, -0.1) is 0 Å². The van der Waals surface area contributed by atoms with E-state index in [1.807, 2.05) is 25.1 Å². The third-order valence-electron chi connectivity index (χ3n) is 3.87. The Balaban J connectivity index is 2.04. The van der Waals surface area contributed by atoms with Crippen molar-refractivity contribution in [3.05, 3.63) is 71.3 Å². The number of carbonyl (C=O) groups is 1. The van der Waals surface area contributed by atoms with Crippen molar-refractivity contribution < 1.29 is 9.90 Å². The summed E-state index contributed by atoms with van der Waals surface area (Å²) < 4.78 is 0. The van der Waals surface area contributed by atoms with Gasteiger partial charge in [0.2, 0.25) is 0 Å². The molecule has 2 aromatic carbocycles. The number of rotatable bonds is 4. The lowest BCUT2D eigenvalue weighted by Gasteiger charge is -2.19. The molecule has 0 fully saturated rings.